The molecular formula is C10H12F3NO. The van der Waals surface area contributed by atoms with Crippen molar-refractivity contribution >= 4 is 0 Å². The minimum atomic E-state index is -4.47. The van der Waals surface area contributed by atoms with Gasteiger partial charge in [-0.3, -0.25) is 4.98 Å². The van der Waals surface area contributed by atoms with Gasteiger partial charge in [0, 0.05) is 6.20 Å². The lowest BCUT2D eigenvalue weighted by molar-refractivity contribution is -0.141. The Hall–Kier alpha value is -1.10. The molecule has 0 spiro atoms. The second kappa shape index (κ2) is 4.18. The third-order valence-electron chi connectivity index (χ3n) is 2.05. The van der Waals surface area contributed by atoms with Gasteiger partial charge in [-0.15, -0.1) is 0 Å². The highest BCUT2D eigenvalue weighted by molar-refractivity contribution is 5.20. The SMILES string of the molecule is CC(C)C(O)c1ccnc(C(F)(F)F)c1. The lowest BCUT2D eigenvalue weighted by atomic mass is 9.99. The third-order valence-corrected chi connectivity index (χ3v) is 2.05. The molecule has 0 saturated heterocycles. The maximum absolute atomic E-state index is 12.3. The van der Waals surface area contributed by atoms with Crippen molar-refractivity contribution < 1.29 is 18.3 Å². The molecule has 0 amide bonds. The van der Waals surface area contributed by atoms with Crippen molar-refractivity contribution in [3.05, 3.63) is 29.6 Å². The molecule has 1 atom stereocenters. The molecule has 0 fully saturated rings. The van der Waals surface area contributed by atoms with Crippen LogP contribution >= 0.6 is 0 Å². The van der Waals surface area contributed by atoms with Gasteiger partial charge in [0.05, 0.1) is 6.10 Å². The average Bonchev–Trinajstić information content (AvgIpc) is 2.15. The van der Waals surface area contributed by atoms with Gasteiger partial charge >= 0.3 is 6.18 Å². The number of pyridine rings is 1. The number of alkyl halides is 3. The number of aliphatic hydroxyl groups excluding tert-OH is 1. The number of nitrogens with zero attached hydrogens (tertiary/aromatic N) is 1. The number of aliphatic hydroxyl groups is 1. The van der Waals surface area contributed by atoms with E-state index in [1.54, 1.807) is 13.8 Å². The summed E-state index contributed by atoms with van der Waals surface area (Å²) in [5.74, 6) is -0.131. The summed E-state index contributed by atoms with van der Waals surface area (Å²) in [5.41, 5.74) is -0.730. The van der Waals surface area contributed by atoms with Gasteiger partial charge in [-0.2, -0.15) is 13.2 Å². The fourth-order valence-electron chi connectivity index (χ4n) is 1.17. The Morgan fingerprint density at radius 3 is 2.40 bits per heavy atom. The second-order valence-corrected chi connectivity index (χ2v) is 3.66. The van der Waals surface area contributed by atoms with Crippen molar-refractivity contribution in [1.29, 1.82) is 0 Å². The molecule has 15 heavy (non-hydrogen) atoms. The predicted molar refractivity (Wildman–Crippen MR) is 49.0 cm³/mol. The van der Waals surface area contributed by atoms with E-state index in [0.717, 1.165) is 12.3 Å². The van der Waals surface area contributed by atoms with Crippen LogP contribution in [0.5, 0.6) is 0 Å². The monoisotopic (exact) mass is 219 g/mol. The normalized spacial score (nSPS) is 14.3. The lowest BCUT2D eigenvalue weighted by Gasteiger charge is -2.15. The molecule has 0 aliphatic heterocycles. The molecule has 0 aliphatic rings. The fraction of sp³-hybridized carbons (Fsp3) is 0.500. The van der Waals surface area contributed by atoms with Gasteiger partial charge in [0.25, 0.3) is 0 Å². The Balaban J connectivity index is 3.03. The van der Waals surface area contributed by atoms with Crippen LogP contribution in [-0.2, 0) is 6.18 Å². The molecule has 84 valence electrons. The van der Waals surface area contributed by atoms with Gasteiger partial charge in [-0.1, -0.05) is 13.8 Å². The first kappa shape index (κ1) is 12.0. The molecule has 1 unspecified atom stereocenters. The molecule has 0 saturated carbocycles. The van der Waals surface area contributed by atoms with E-state index in [4.69, 9.17) is 0 Å². The van der Waals surface area contributed by atoms with Crippen LogP contribution in [0.2, 0.25) is 0 Å². The first-order valence-corrected chi connectivity index (χ1v) is 4.53. The van der Waals surface area contributed by atoms with Crippen LogP contribution < -0.4 is 0 Å². The molecule has 5 heteroatoms. The van der Waals surface area contributed by atoms with Crippen molar-refractivity contribution in [2.45, 2.75) is 26.1 Å². The second-order valence-electron chi connectivity index (χ2n) is 3.66. The first-order chi connectivity index (χ1) is 6.82. The van der Waals surface area contributed by atoms with Crippen molar-refractivity contribution in [2.75, 3.05) is 0 Å². The Bertz CT molecular complexity index is 336. The van der Waals surface area contributed by atoms with Crippen LogP contribution in [0.3, 0.4) is 0 Å². The summed E-state index contributed by atoms with van der Waals surface area (Å²) in [6, 6.07) is 2.27. The van der Waals surface area contributed by atoms with E-state index in [2.05, 4.69) is 4.98 Å². The Kier molecular flexibility index (Phi) is 3.34. The Labute approximate surface area is 85.8 Å². The summed E-state index contributed by atoms with van der Waals surface area (Å²) in [4.78, 5) is 3.22. The summed E-state index contributed by atoms with van der Waals surface area (Å²) in [7, 11) is 0. The molecular weight excluding hydrogens is 207 g/mol. The minimum absolute atomic E-state index is 0.131. The maximum Gasteiger partial charge on any atom is 0.433 e. The van der Waals surface area contributed by atoms with Gasteiger partial charge in [-0.25, -0.2) is 0 Å². The van der Waals surface area contributed by atoms with Gasteiger partial charge in [0.15, 0.2) is 0 Å². The van der Waals surface area contributed by atoms with Crippen molar-refractivity contribution in [1.82, 2.24) is 4.98 Å². The molecule has 1 N–H and O–H groups in total. The first-order valence-electron chi connectivity index (χ1n) is 4.53. The zero-order chi connectivity index (χ0) is 11.6. The number of aromatic nitrogens is 1. The topological polar surface area (TPSA) is 33.1 Å². The molecule has 0 bridgehead atoms. The van der Waals surface area contributed by atoms with E-state index in [9.17, 15) is 18.3 Å². The smallest absolute Gasteiger partial charge is 0.388 e. The molecule has 0 aliphatic carbocycles. The summed E-state index contributed by atoms with van der Waals surface area (Å²) < 4.78 is 36.9. The van der Waals surface area contributed by atoms with E-state index in [1.807, 2.05) is 0 Å². The van der Waals surface area contributed by atoms with Crippen LogP contribution in [0.4, 0.5) is 13.2 Å². The highest BCUT2D eigenvalue weighted by atomic mass is 19.4. The van der Waals surface area contributed by atoms with E-state index >= 15 is 0 Å². The van der Waals surface area contributed by atoms with E-state index in [-0.39, 0.29) is 11.5 Å². The fourth-order valence-corrected chi connectivity index (χ4v) is 1.17. The summed E-state index contributed by atoms with van der Waals surface area (Å²) >= 11 is 0. The highest BCUT2D eigenvalue weighted by Crippen LogP contribution is 2.30. The van der Waals surface area contributed by atoms with Crippen molar-refractivity contribution in [3.63, 3.8) is 0 Å². The zero-order valence-electron chi connectivity index (χ0n) is 8.42. The number of halogens is 3. The van der Waals surface area contributed by atoms with Gasteiger partial charge in [0.2, 0.25) is 0 Å². The van der Waals surface area contributed by atoms with Crippen LogP contribution in [0.15, 0.2) is 18.3 Å². The highest BCUT2D eigenvalue weighted by Gasteiger charge is 2.33. The van der Waals surface area contributed by atoms with Gasteiger partial charge < -0.3 is 5.11 Å². The van der Waals surface area contributed by atoms with Crippen LogP contribution in [-0.4, -0.2) is 10.1 Å². The van der Waals surface area contributed by atoms with Crippen LogP contribution in [0, 0.1) is 5.92 Å². The van der Waals surface area contributed by atoms with E-state index < -0.39 is 18.0 Å². The zero-order valence-corrected chi connectivity index (χ0v) is 8.42. The Morgan fingerprint density at radius 2 is 1.93 bits per heavy atom. The van der Waals surface area contributed by atoms with Gasteiger partial charge in [0.1, 0.15) is 5.69 Å². The maximum atomic E-state index is 12.3. The van der Waals surface area contributed by atoms with Crippen LogP contribution in [0.1, 0.15) is 31.2 Å². The summed E-state index contributed by atoms with van der Waals surface area (Å²) in [6.45, 7) is 3.47. The molecule has 1 heterocycles. The molecule has 0 aromatic carbocycles. The molecule has 2 nitrogen and oxygen atoms in total. The molecule has 1 rings (SSSR count). The average molecular weight is 219 g/mol. The summed E-state index contributed by atoms with van der Waals surface area (Å²) in [5, 5.41) is 9.59. The number of rotatable bonds is 2. The molecule has 1 aromatic heterocycles. The van der Waals surface area contributed by atoms with Gasteiger partial charge in [-0.05, 0) is 23.6 Å². The predicted octanol–water partition coefficient (Wildman–Crippen LogP) is 2.79. The van der Waals surface area contributed by atoms with E-state index in [1.165, 1.54) is 6.07 Å². The molecule has 0 radical (unpaired) electrons. The molecule has 1 aromatic rings. The third kappa shape index (κ3) is 2.92. The quantitative estimate of drug-likeness (QED) is 0.829. The minimum Gasteiger partial charge on any atom is -0.388 e. The van der Waals surface area contributed by atoms with Crippen molar-refractivity contribution in [2.24, 2.45) is 5.92 Å². The largest absolute Gasteiger partial charge is 0.433 e. The van der Waals surface area contributed by atoms with Crippen LogP contribution in [0.25, 0.3) is 0 Å². The summed E-state index contributed by atoms with van der Waals surface area (Å²) in [6.07, 6.45) is -4.30. The van der Waals surface area contributed by atoms with E-state index in [0.29, 0.717) is 0 Å². The standard InChI is InChI=1S/C10H12F3NO/c1-6(2)9(15)7-3-4-14-8(5-7)10(11,12)13/h3-6,9,15H,1-2H3. The van der Waals surface area contributed by atoms with Crippen molar-refractivity contribution in [3.8, 4) is 0 Å². The lowest BCUT2D eigenvalue weighted by Crippen LogP contribution is -2.11. The Morgan fingerprint density at radius 1 is 1.33 bits per heavy atom. The number of hydrogen-bond acceptors (Lipinski definition) is 2. The number of hydrogen-bond donors (Lipinski definition) is 1.